The number of nitrogens with zero attached hydrogens (tertiary/aromatic N) is 4. The maximum atomic E-state index is 13.5. The lowest BCUT2D eigenvalue weighted by Crippen LogP contribution is -2.50. The molecule has 2 fully saturated rings. The van der Waals surface area contributed by atoms with Crippen molar-refractivity contribution in [1.29, 1.82) is 0 Å². The highest BCUT2D eigenvalue weighted by atomic mass is 19.4. The molecule has 1 saturated carbocycles. The van der Waals surface area contributed by atoms with Crippen molar-refractivity contribution in [2.45, 2.75) is 57.1 Å². The molecule has 1 N–H and O–H groups in total. The molecule has 0 spiro atoms. The van der Waals surface area contributed by atoms with Crippen LogP contribution in [0, 0.1) is 17.0 Å². The number of hydrogen-bond donors (Lipinski definition) is 1. The fourth-order valence-electron chi connectivity index (χ4n) is 5.89. The summed E-state index contributed by atoms with van der Waals surface area (Å²) in [7, 11) is 0. The van der Waals surface area contributed by atoms with Crippen molar-refractivity contribution < 1.29 is 40.8 Å². The second kappa shape index (κ2) is 12.7. The van der Waals surface area contributed by atoms with Crippen molar-refractivity contribution in [3.8, 4) is 0 Å². The number of ether oxygens (including phenoxy) is 1. The molecule has 1 aromatic heterocycles. The summed E-state index contributed by atoms with van der Waals surface area (Å²) < 4.78 is 85.5. The minimum absolute atomic E-state index is 0.102. The molecule has 9 nitrogen and oxygen atoms in total. The van der Waals surface area contributed by atoms with Crippen LogP contribution in [0.5, 0.6) is 0 Å². The standard InChI is InChI=1S/C30H31F6N5O4/c1-18-23(9-10-25(41(43)44)28(18)30(34,35)36)37-21-4-6-22(7-5-21)45-17-27(42)40-14-12-39(13-15-40)26-11-2-19-16-20(29(31,32)33)3-8-24(19)38-26/h2-3,8-11,16,21-22,37H,4-7,12-15,17H2,1H3. The predicted molar refractivity (Wildman–Crippen MR) is 154 cm³/mol. The quantitative estimate of drug-likeness (QED) is 0.177. The van der Waals surface area contributed by atoms with Crippen LogP contribution >= 0.6 is 0 Å². The first-order valence-electron chi connectivity index (χ1n) is 14.4. The van der Waals surface area contributed by atoms with E-state index in [1.54, 1.807) is 17.0 Å². The number of anilines is 2. The van der Waals surface area contributed by atoms with E-state index in [1.807, 2.05) is 4.90 Å². The molecule has 2 aromatic carbocycles. The highest BCUT2D eigenvalue weighted by molar-refractivity contribution is 5.81. The molecule has 0 unspecified atom stereocenters. The molecule has 3 aromatic rings. The Labute approximate surface area is 254 Å². The van der Waals surface area contributed by atoms with Crippen molar-refractivity contribution >= 4 is 34.0 Å². The number of piperazine rings is 1. The van der Waals surface area contributed by atoms with Crippen LogP contribution in [-0.4, -0.2) is 65.6 Å². The van der Waals surface area contributed by atoms with Crippen molar-refractivity contribution in [2.75, 3.05) is 43.0 Å². The first-order chi connectivity index (χ1) is 21.2. The topological polar surface area (TPSA) is 101 Å². The van der Waals surface area contributed by atoms with Crippen molar-refractivity contribution in [3.63, 3.8) is 0 Å². The highest BCUT2D eigenvalue weighted by Gasteiger charge is 2.41. The molecule has 2 aliphatic rings. The van der Waals surface area contributed by atoms with Crippen molar-refractivity contribution in [3.05, 3.63) is 69.3 Å². The number of fused-ring (bicyclic) bond motifs is 1. The summed E-state index contributed by atoms with van der Waals surface area (Å²) in [5, 5.41) is 14.6. The molecule has 15 heteroatoms. The Morgan fingerprint density at radius 1 is 0.978 bits per heavy atom. The summed E-state index contributed by atoms with van der Waals surface area (Å²) in [6.45, 7) is 2.97. The minimum atomic E-state index is -4.87. The number of rotatable bonds is 7. The number of alkyl halides is 6. The molecule has 0 bridgehead atoms. The second-order valence-electron chi connectivity index (χ2n) is 11.3. The number of pyridine rings is 1. The molecule has 1 saturated heterocycles. The summed E-state index contributed by atoms with van der Waals surface area (Å²) in [5.74, 6) is 0.455. The average molecular weight is 640 g/mol. The summed E-state index contributed by atoms with van der Waals surface area (Å²) in [5.41, 5.74) is -2.55. The molecule has 1 aliphatic heterocycles. The monoisotopic (exact) mass is 639 g/mol. The normalized spacial score (nSPS) is 19.5. The van der Waals surface area contributed by atoms with Gasteiger partial charge in [0.05, 0.1) is 22.1 Å². The zero-order valence-electron chi connectivity index (χ0n) is 24.2. The third-order valence-electron chi connectivity index (χ3n) is 8.36. The predicted octanol–water partition coefficient (Wildman–Crippen LogP) is 6.58. The van der Waals surface area contributed by atoms with E-state index in [9.17, 15) is 41.3 Å². The van der Waals surface area contributed by atoms with Gasteiger partial charge in [-0.3, -0.25) is 14.9 Å². The van der Waals surface area contributed by atoms with Gasteiger partial charge in [0.1, 0.15) is 18.0 Å². The van der Waals surface area contributed by atoms with Crippen LogP contribution in [0.1, 0.15) is 42.4 Å². The van der Waals surface area contributed by atoms with Gasteiger partial charge in [-0.1, -0.05) is 0 Å². The summed E-state index contributed by atoms with van der Waals surface area (Å²) in [4.78, 5) is 31.1. The molecule has 2 heterocycles. The SMILES string of the molecule is Cc1c(NC2CCC(OCC(=O)N3CCN(c4ccc5cc(C(F)(F)F)ccc5n4)CC3)CC2)ccc([N+](=O)[O-])c1C(F)(F)F. The third-order valence-corrected chi connectivity index (χ3v) is 8.36. The fraction of sp³-hybridized carbons (Fsp3) is 0.467. The first-order valence-corrected chi connectivity index (χ1v) is 14.4. The maximum absolute atomic E-state index is 13.5. The van der Waals surface area contributed by atoms with E-state index in [-0.39, 0.29) is 35.9 Å². The lowest BCUT2D eigenvalue weighted by Gasteiger charge is -2.36. The summed E-state index contributed by atoms with van der Waals surface area (Å²) >= 11 is 0. The zero-order valence-corrected chi connectivity index (χ0v) is 24.2. The molecule has 0 atom stereocenters. The number of amides is 1. The van der Waals surface area contributed by atoms with Gasteiger partial charge in [-0.25, -0.2) is 4.98 Å². The number of carbonyl (C=O) groups is 1. The zero-order chi connectivity index (χ0) is 32.5. The van der Waals surface area contributed by atoms with Crippen LogP contribution in [0.15, 0.2) is 42.5 Å². The van der Waals surface area contributed by atoms with Gasteiger partial charge >= 0.3 is 12.4 Å². The molecular formula is C30H31F6N5O4. The van der Waals surface area contributed by atoms with Crippen LogP contribution in [0.25, 0.3) is 10.9 Å². The van der Waals surface area contributed by atoms with Crippen LogP contribution in [0.4, 0.5) is 43.5 Å². The Balaban J connectivity index is 1.07. The molecule has 242 valence electrons. The number of benzene rings is 2. The highest BCUT2D eigenvalue weighted by Crippen LogP contribution is 2.41. The minimum Gasteiger partial charge on any atom is -0.382 e. The Bertz CT molecular complexity index is 1560. The van der Waals surface area contributed by atoms with Gasteiger partial charge in [0.25, 0.3) is 5.69 Å². The van der Waals surface area contributed by atoms with E-state index in [2.05, 4.69) is 10.3 Å². The molecule has 1 amide bonds. The number of halogens is 6. The molecule has 1 aliphatic carbocycles. The number of nitrogens with one attached hydrogen (secondary N) is 1. The van der Waals surface area contributed by atoms with Crippen LogP contribution in [0.3, 0.4) is 0 Å². The largest absolute Gasteiger partial charge is 0.423 e. The first kappa shape index (κ1) is 32.3. The molecule has 45 heavy (non-hydrogen) atoms. The van der Waals surface area contributed by atoms with Crippen molar-refractivity contribution in [2.24, 2.45) is 0 Å². The van der Waals surface area contributed by atoms with Gasteiger partial charge in [0, 0.05) is 49.4 Å². The van der Waals surface area contributed by atoms with Crippen molar-refractivity contribution in [1.82, 2.24) is 9.88 Å². The molecular weight excluding hydrogens is 608 g/mol. The van der Waals surface area contributed by atoms with Gasteiger partial charge in [-0.2, -0.15) is 26.3 Å². The van der Waals surface area contributed by atoms with Crippen LogP contribution < -0.4 is 10.2 Å². The van der Waals surface area contributed by atoms with Gasteiger partial charge < -0.3 is 19.9 Å². The second-order valence-corrected chi connectivity index (χ2v) is 11.3. The van der Waals surface area contributed by atoms with E-state index in [0.717, 1.165) is 18.2 Å². The van der Waals surface area contributed by atoms with E-state index >= 15 is 0 Å². The lowest BCUT2D eigenvalue weighted by atomic mass is 9.92. The number of nitro benzene ring substituents is 1. The van der Waals surface area contributed by atoms with Gasteiger partial charge in [0.15, 0.2) is 0 Å². The summed E-state index contributed by atoms with van der Waals surface area (Å²) in [6, 6.07) is 8.72. The summed E-state index contributed by atoms with van der Waals surface area (Å²) in [6.07, 6.45) is -7.12. The smallest absolute Gasteiger partial charge is 0.382 e. The number of nitro groups is 1. The molecule has 0 radical (unpaired) electrons. The number of carbonyl (C=O) groups excluding carboxylic acids is 1. The van der Waals surface area contributed by atoms with Gasteiger partial charge in [-0.15, -0.1) is 0 Å². The fourth-order valence-corrected chi connectivity index (χ4v) is 5.89. The van der Waals surface area contributed by atoms with Gasteiger partial charge in [-0.05, 0) is 74.6 Å². The van der Waals surface area contributed by atoms with E-state index in [1.165, 1.54) is 19.1 Å². The van der Waals surface area contributed by atoms with E-state index < -0.39 is 34.1 Å². The van der Waals surface area contributed by atoms with Gasteiger partial charge in [0.2, 0.25) is 5.91 Å². The Morgan fingerprint density at radius 3 is 2.29 bits per heavy atom. The Hall–Kier alpha value is -4.14. The number of hydrogen-bond acceptors (Lipinski definition) is 7. The molecule has 5 rings (SSSR count). The van der Waals surface area contributed by atoms with Crippen LogP contribution in [0.2, 0.25) is 0 Å². The number of aromatic nitrogens is 1. The average Bonchev–Trinajstić information content (AvgIpc) is 2.99. The Kier molecular flexibility index (Phi) is 9.10. The Morgan fingerprint density at radius 2 is 1.67 bits per heavy atom. The van der Waals surface area contributed by atoms with Crippen LogP contribution in [-0.2, 0) is 21.9 Å². The lowest BCUT2D eigenvalue weighted by molar-refractivity contribution is -0.388. The third kappa shape index (κ3) is 7.40. The van der Waals surface area contributed by atoms with E-state index in [4.69, 9.17) is 4.74 Å². The van der Waals surface area contributed by atoms with E-state index in [0.29, 0.717) is 68.6 Å². The maximum Gasteiger partial charge on any atom is 0.423 e.